The number of aromatic nitrogens is 4. The Labute approximate surface area is 255 Å². The number of hydrogen-bond acceptors (Lipinski definition) is 9. The summed E-state index contributed by atoms with van der Waals surface area (Å²) in [5.41, 5.74) is 1.01. The monoisotopic (exact) mass is 605 g/mol. The quantitative estimate of drug-likeness (QED) is 0.273. The average Bonchev–Trinajstić information content (AvgIpc) is 3.43. The molecule has 3 aromatic rings. The lowest BCUT2D eigenvalue weighted by atomic mass is 10.1. The summed E-state index contributed by atoms with van der Waals surface area (Å²) < 4.78 is 27.7. The summed E-state index contributed by atoms with van der Waals surface area (Å²) in [5, 5.41) is 12.6. The van der Waals surface area contributed by atoms with Crippen LogP contribution >= 0.6 is 11.8 Å². The van der Waals surface area contributed by atoms with Crippen LogP contribution in [0.1, 0.15) is 30.7 Å². The molecule has 5 rings (SSSR count). The summed E-state index contributed by atoms with van der Waals surface area (Å²) in [6, 6.07) is 8.26. The highest BCUT2D eigenvalue weighted by atomic mass is 32.2. The Morgan fingerprint density at radius 1 is 1.21 bits per heavy atom. The second-order valence-electron chi connectivity index (χ2n) is 10.3. The van der Waals surface area contributed by atoms with Gasteiger partial charge in [-0.2, -0.15) is 0 Å². The number of nitrogens with zero attached hydrogens (tertiary/aromatic N) is 6. The highest BCUT2D eigenvalue weighted by molar-refractivity contribution is 7.99. The third-order valence-corrected chi connectivity index (χ3v) is 8.34. The highest BCUT2D eigenvalue weighted by Crippen LogP contribution is 2.31. The molecule has 1 amide bonds. The van der Waals surface area contributed by atoms with E-state index in [-0.39, 0.29) is 18.8 Å². The predicted molar refractivity (Wildman–Crippen MR) is 163 cm³/mol. The Bertz CT molecular complexity index is 1450. The molecule has 1 saturated heterocycles. The van der Waals surface area contributed by atoms with E-state index in [0.717, 1.165) is 62.8 Å². The van der Waals surface area contributed by atoms with E-state index in [1.54, 1.807) is 30.2 Å². The van der Waals surface area contributed by atoms with E-state index in [1.165, 1.54) is 12.1 Å². The molecular weight excluding hydrogens is 569 g/mol. The van der Waals surface area contributed by atoms with E-state index in [0.29, 0.717) is 23.4 Å². The number of carbonyl (C=O) groups is 1. The van der Waals surface area contributed by atoms with Gasteiger partial charge in [0.05, 0.1) is 17.4 Å². The summed E-state index contributed by atoms with van der Waals surface area (Å²) in [6.07, 6.45) is 10.7. The Balaban J connectivity index is 1.12. The Hall–Kier alpha value is -3.92. The first-order valence-corrected chi connectivity index (χ1v) is 15.3. The van der Waals surface area contributed by atoms with Gasteiger partial charge < -0.3 is 19.7 Å². The van der Waals surface area contributed by atoms with Crippen LogP contribution in [0.5, 0.6) is 5.75 Å². The zero-order valence-electron chi connectivity index (χ0n) is 24.2. The van der Waals surface area contributed by atoms with E-state index in [4.69, 9.17) is 9.47 Å². The second kappa shape index (κ2) is 15.5. The summed E-state index contributed by atoms with van der Waals surface area (Å²) in [7, 11) is 2.10. The second-order valence-corrected chi connectivity index (χ2v) is 11.5. The largest absolute Gasteiger partial charge is 0.485 e. The molecule has 0 radical (unpaired) electrons. The smallest absolute Gasteiger partial charge is 0.408 e. The molecule has 0 saturated carbocycles. The Morgan fingerprint density at radius 2 is 2.09 bits per heavy atom. The number of pyridine rings is 1. The van der Waals surface area contributed by atoms with Gasteiger partial charge in [-0.3, -0.25) is 14.5 Å². The lowest BCUT2D eigenvalue weighted by molar-refractivity contribution is 0.144. The normalized spacial score (nSPS) is 17.2. The molecule has 2 aliphatic rings. The van der Waals surface area contributed by atoms with Crippen molar-refractivity contribution >= 4 is 17.9 Å². The van der Waals surface area contributed by atoms with Crippen molar-refractivity contribution in [3.05, 3.63) is 72.1 Å². The van der Waals surface area contributed by atoms with Crippen molar-refractivity contribution in [2.24, 2.45) is 0 Å². The predicted octanol–water partition coefficient (Wildman–Crippen LogP) is 3.91. The van der Waals surface area contributed by atoms with Crippen molar-refractivity contribution in [3.8, 4) is 23.3 Å². The van der Waals surface area contributed by atoms with Crippen LogP contribution in [0.2, 0.25) is 0 Å². The summed E-state index contributed by atoms with van der Waals surface area (Å²) in [6.45, 7) is 5.25. The highest BCUT2D eigenvalue weighted by Gasteiger charge is 2.20. The number of benzene rings is 1. The maximum Gasteiger partial charge on any atom is 0.408 e. The number of thioether (sulfide) groups is 1. The van der Waals surface area contributed by atoms with Gasteiger partial charge in [0.15, 0.2) is 17.6 Å². The van der Waals surface area contributed by atoms with Crippen LogP contribution in [0.4, 0.5) is 9.18 Å². The molecule has 12 heteroatoms. The van der Waals surface area contributed by atoms with E-state index >= 15 is 0 Å². The molecular formula is C31H36FN7O3S. The van der Waals surface area contributed by atoms with Crippen molar-refractivity contribution in [2.75, 3.05) is 52.9 Å². The number of ether oxygens (including phenoxy) is 2. The number of allylic oxidation sites excluding steroid dienone is 1. The van der Waals surface area contributed by atoms with Crippen molar-refractivity contribution < 1.29 is 18.7 Å². The lowest BCUT2D eigenvalue weighted by Crippen LogP contribution is -2.46. The summed E-state index contributed by atoms with van der Waals surface area (Å²) in [4.78, 5) is 20.8. The van der Waals surface area contributed by atoms with Crippen molar-refractivity contribution in [2.45, 2.75) is 36.3 Å². The van der Waals surface area contributed by atoms with Crippen LogP contribution in [0.25, 0.3) is 5.69 Å². The zero-order chi connectivity index (χ0) is 29.9. The maximum atomic E-state index is 14.8. The van der Waals surface area contributed by atoms with Crippen molar-refractivity contribution in [3.63, 3.8) is 0 Å². The zero-order valence-corrected chi connectivity index (χ0v) is 25.1. The van der Waals surface area contributed by atoms with Gasteiger partial charge in [-0.1, -0.05) is 35.8 Å². The first-order chi connectivity index (χ1) is 21.0. The van der Waals surface area contributed by atoms with Crippen LogP contribution < -0.4 is 10.1 Å². The number of nitrogens with one attached hydrogen (secondary N) is 1. The van der Waals surface area contributed by atoms with Gasteiger partial charge in [0.25, 0.3) is 0 Å². The van der Waals surface area contributed by atoms with Gasteiger partial charge in [0.1, 0.15) is 18.2 Å². The molecule has 1 fully saturated rings. The topological polar surface area (TPSA) is 97.6 Å². The third kappa shape index (κ3) is 9.03. The maximum absolute atomic E-state index is 14.8. The third-order valence-electron chi connectivity index (χ3n) is 7.17. The minimum Gasteiger partial charge on any atom is -0.485 e. The summed E-state index contributed by atoms with van der Waals surface area (Å²) >= 11 is 1.66. The fraction of sp³-hybridized carbons (Fsp3) is 0.419. The Kier molecular flexibility index (Phi) is 11.0. The number of hydrogen-bond donors (Lipinski definition) is 1. The number of piperazine rings is 1. The van der Waals surface area contributed by atoms with Gasteiger partial charge in [-0.05, 0) is 50.6 Å². The molecule has 2 aromatic heterocycles. The standard InChI is InChI=1S/C31H36FN7O3S/c1-37-16-18-38(19-17-37)15-14-34-31(40)41-20-6-7-24-11-12-26(21-28(24)32)42-23-29-35-36-30(43-27-9-3-2-4-10-27)39(29)25-8-5-13-33-22-25/h3,5,8-9,11-13,21-22,27H,2,4,10,14-20,23H2,1H3,(H,34,40). The van der Waals surface area contributed by atoms with E-state index in [1.807, 2.05) is 16.7 Å². The minimum absolute atomic E-state index is 0.0885. The van der Waals surface area contributed by atoms with Crippen LogP contribution in [-0.4, -0.2) is 93.8 Å². The molecule has 0 spiro atoms. The number of rotatable bonds is 10. The number of alkyl carbamates (subject to hydrolysis) is 1. The summed E-state index contributed by atoms with van der Waals surface area (Å²) in [5.74, 6) is 5.79. The molecule has 0 bridgehead atoms. The number of carbonyl (C=O) groups excluding carboxylic acids is 1. The SMILES string of the molecule is CN1CCN(CCNC(=O)OCC#Cc2ccc(OCc3nnc(SC4C=CCCC4)n3-c3cccnc3)cc2F)CC1. The fourth-order valence-electron chi connectivity index (χ4n) is 4.74. The minimum atomic E-state index is -0.538. The molecule has 1 aliphatic heterocycles. The molecule has 1 aliphatic carbocycles. The number of amides is 1. The lowest BCUT2D eigenvalue weighted by Gasteiger charge is -2.32. The fourth-order valence-corrected chi connectivity index (χ4v) is 5.89. The van der Waals surface area contributed by atoms with E-state index in [9.17, 15) is 9.18 Å². The van der Waals surface area contributed by atoms with Crippen LogP contribution in [0.3, 0.4) is 0 Å². The van der Waals surface area contributed by atoms with Gasteiger partial charge in [0.2, 0.25) is 0 Å². The molecule has 43 heavy (non-hydrogen) atoms. The van der Waals surface area contributed by atoms with Crippen LogP contribution in [0.15, 0.2) is 60.0 Å². The number of likely N-dealkylation sites (N-methyl/N-ethyl adjacent to an activating group) is 1. The van der Waals surface area contributed by atoms with Gasteiger partial charge in [0, 0.05) is 56.8 Å². The molecule has 1 N–H and O–H groups in total. The van der Waals surface area contributed by atoms with Crippen LogP contribution in [0, 0.1) is 17.7 Å². The molecule has 1 atom stereocenters. The van der Waals surface area contributed by atoms with Crippen LogP contribution in [-0.2, 0) is 11.3 Å². The van der Waals surface area contributed by atoms with Gasteiger partial charge in [-0.15, -0.1) is 10.2 Å². The van der Waals surface area contributed by atoms with E-state index in [2.05, 4.69) is 61.3 Å². The number of halogens is 1. The first-order valence-electron chi connectivity index (χ1n) is 14.5. The van der Waals surface area contributed by atoms with Gasteiger partial charge >= 0.3 is 6.09 Å². The van der Waals surface area contributed by atoms with E-state index < -0.39 is 11.9 Å². The molecule has 3 heterocycles. The Morgan fingerprint density at radius 3 is 2.86 bits per heavy atom. The molecule has 1 unspecified atom stereocenters. The molecule has 226 valence electrons. The van der Waals surface area contributed by atoms with Crippen molar-refractivity contribution in [1.29, 1.82) is 0 Å². The first kappa shape index (κ1) is 30.5. The molecule has 1 aromatic carbocycles. The van der Waals surface area contributed by atoms with Gasteiger partial charge in [-0.25, -0.2) is 9.18 Å². The molecule has 10 nitrogen and oxygen atoms in total. The van der Waals surface area contributed by atoms with Crippen molar-refractivity contribution in [1.82, 2.24) is 34.9 Å². The average molecular weight is 606 g/mol.